The lowest BCUT2D eigenvalue weighted by Crippen LogP contribution is -2.00. The quantitative estimate of drug-likeness (QED) is 0.752. The van der Waals surface area contributed by atoms with Crippen LogP contribution in [0.1, 0.15) is 24.8 Å². The summed E-state index contributed by atoms with van der Waals surface area (Å²) < 4.78 is 18.5. The third-order valence-electron chi connectivity index (χ3n) is 2.15. The fraction of sp³-hybridized carbons (Fsp3) is 0.417. The summed E-state index contributed by atoms with van der Waals surface area (Å²) >= 11 is 0. The second-order valence-electron chi connectivity index (χ2n) is 3.36. The normalized spacial score (nSPS) is 9.81. The van der Waals surface area contributed by atoms with Crippen molar-refractivity contribution in [2.45, 2.75) is 19.3 Å². The zero-order valence-electron chi connectivity index (χ0n) is 8.95. The molecule has 0 atom stereocenters. The molecule has 0 spiro atoms. The second-order valence-corrected chi connectivity index (χ2v) is 3.36. The minimum absolute atomic E-state index is 0.0512. The van der Waals surface area contributed by atoms with E-state index >= 15 is 0 Å². The lowest BCUT2D eigenvalue weighted by molar-refractivity contribution is 0.265. The Morgan fingerprint density at radius 2 is 2.12 bits per heavy atom. The van der Waals surface area contributed by atoms with E-state index in [1.54, 1.807) is 12.1 Å². The van der Waals surface area contributed by atoms with Crippen LogP contribution in [0.4, 0.5) is 4.39 Å². The van der Waals surface area contributed by atoms with Gasteiger partial charge >= 0.3 is 0 Å². The SMILES string of the molecule is N#Cc1c(F)cccc1OCCCCCO. The first-order valence-corrected chi connectivity index (χ1v) is 5.22. The number of nitrogens with zero attached hydrogens (tertiary/aromatic N) is 1. The smallest absolute Gasteiger partial charge is 0.144 e. The number of benzene rings is 1. The molecule has 0 aliphatic heterocycles. The summed E-state index contributed by atoms with van der Waals surface area (Å²) in [4.78, 5) is 0. The molecule has 1 aromatic carbocycles. The molecule has 1 N–H and O–H groups in total. The Morgan fingerprint density at radius 3 is 2.81 bits per heavy atom. The lowest BCUT2D eigenvalue weighted by Gasteiger charge is -2.07. The van der Waals surface area contributed by atoms with Gasteiger partial charge in [-0.25, -0.2) is 4.39 Å². The van der Waals surface area contributed by atoms with Crippen LogP contribution in [0.2, 0.25) is 0 Å². The molecule has 0 fully saturated rings. The Morgan fingerprint density at radius 1 is 1.31 bits per heavy atom. The van der Waals surface area contributed by atoms with Crippen LogP contribution in [0.5, 0.6) is 5.75 Å². The Bertz CT molecular complexity index is 374. The summed E-state index contributed by atoms with van der Waals surface area (Å²) in [6.45, 7) is 0.599. The van der Waals surface area contributed by atoms with Crippen LogP contribution >= 0.6 is 0 Å². The fourth-order valence-electron chi connectivity index (χ4n) is 1.31. The molecule has 1 aromatic rings. The Kier molecular flexibility index (Phi) is 5.30. The molecule has 1 rings (SSSR count). The predicted molar refractivity (Wildman–Crippen MR) is 57.5 cm³/mol. The minimum atomic E-state index is -0.560. The molecule has 0 aliphatic rings. The van der Waals surface area contributed by atoms with E-state index in [9.17, 15) is 4.39 Å². The first-order chi connectivity index (χ1) is 7.79. The number of halogens is 1. The molecule has 16 heavy (non-hydrogen) atoms. The maximum atomic E-state index is 13.1. The van der Waals surface area contributed by atoms with Crippen LogP contribution < -0.4 is 4.74 Å². The first kappa shape index (κ1) is 12.5. The van der Waals surface area contributed by atoms with Crippen molar-refractivity contribution in [1.29, 1.82) is 5.26 Å². The molecule has 0 saturated heterocycles. The van der Waals surface area contributed by atoms with Gasteiger partial charge in [-0.05, 0) is 31.4 Å². The molecule has 4 heteroatoms. The van der Waals surface area contributed by atoms with E-state index in [0.717, 1.165) is 19.3 Å². The van der Waals surface area contributed by atoms with E-state index < -0.39 is 5.82 Å². The standard InChI is InChI=1S/C12H14FNO2/c13-11-5-4-6-12(10(11)9-14)16-8-3-1-2-7-15/h4-6,15H,1-3,7-8H2. The fourth-order valence-corrected chi connectivity index (χ4v) is 1.31. The highest BCUT2D eigenvalue weighted by molar-refractivity contribution is 5.43. The van der Waals surface area contributed by atoms with E-state index in [2.05, 4.69) is 0 Å². The van der Waals surface area contributed by atoms with Gasteiger partial charge in [-0.2, -0.15) is 5.26 Å². The van der Waals surface area contributed by atoms with Gasteiger partial charge in [-0.1, -0.05) is 6.07 Å². The number of unbranched alkanes of at least 4 members (excludes halogenated alkanes) is 2. The molecule has 0 amide bonds. The van der Waals surface area contributed by atoms with E-state index in [4.69, 9.17) is 15.1 Å². The van der Waals surface area contributed by atoms with Gasteiger partial charge < -0.3 is 9.84 Å². The molecule has 0 saturated carbocycles. The number of rotatable bonds is 6. The summed E-state index contributed by atoms with van der Waals surface area (Å²) in [6, 6.07) is 6.10. The summed E-state index contributed by atoms with van der Waals surface area (Å²) in [5.74, 6) is -0.276. The third kappa shape index (κ3) is 3.52. The average Bonchev–Trinajstić information content (AvgIpc) is 2.29. The summed E-state index contributed by atoms with van der Waals surface area (Å²) in [6.07, 6.45) is 2.37. The molecule has 0 unspecified atom stereocenters. The van der Waals surface area contributed by atoms with Crippen LogP contribution in [0.15, 0.2) is 18.2 Å². The summed E-state index contributed by atoms with van der Waals surface area (Å²) in [7, 11) is 0. The Labute approximate surface area is 94.1 Å². The van der Waals surface area contributed by atoms with Crippen LogP contribution in [0, 0.1) is 17.1 Å². The molecular formula is C12H14FNO2. The highest BCUT2D eigenvalue weighted by atomic mass is 19.1. The van der Waals surface area contributed by atoms with Crippen molar-refractivity contribution in [3.05, 3.63) is 29.6 Å². The zero-order valence-corrected chi connectivity index (χ0v) is 8.95. The topological polar surface area (TPSA) is 53.2 Å². The number of aliphatic hydroxyl groups excluding tert-OH is 1. The van der Waals surface area contributed by atoms with Gasteiger partial charge in [0.1, 0.15) is 23.2 Å². The van der Waals surface area contributed by atoms with Crippen molar-refractivity contribution in [2.24, 2.45) is 0 Å². The summed E-state index contributed by atoms with van der Waals surface area (Å²) in [5, 5.41) is 17.3. The van der Waals surface area contributed by atoms with Gasteiger partial charge in [0.2, 0.25) is 0 Å². The van der Waals surface area contributed by atoms with Crippen molar-refractivity contribution in [2.75, 3.05) is 13.2 Å². The van der Waals surface area contributed by atoms with Gasteiger partial charge in [0.05, 0.1) is 6.61 Å². The molecule has 86 valence electrons. The van der Waals surface area contributed by atoms with Crippen LogP contribution in [0.3, 0.4) is 0 Å². The number of nitriles is 1. The maximum Gasteiger partial charge on any atom is 0.144 e. The van der Waals surface area contributed by atoms with E-state index in [0.29, 0.717) is 6.61 Å². The van der Waals surface area contributed by atoms with Gasteiger partial charge in [0, 0.05) is 6.61 Å². The Balaban J connectivity index is 2.48. The number of aliphatic hydroxyl groups is 1. The number of hydrogen-bond donors (Lipinski definition) is 1. The van der Waals surface area contributed by atoms with Crippen molar-refractivity contribution >= 4 is 0 Å². The van der Waals surface area contributed by atoms with E-state index in [-0.39, 0.29) is 17.9 Å². The maximum absolute atomic E-state index is 13.1. The highest BCUT2D eigenvalue weighted by Gasteiger charge is 2.08. The van der Waals surface area contributed by atoms with Gasteiger partial charge in [-0.3, -0.25) is 0 Å². The van der Waals surface area contributed by atoms with E-state index in [1.165, 1.54) is 12.1 Å². The third-order valence-corrected chi connectivity index (χ3v) is 2.15. The van der Waals surface area contributed by atoms with Gasteiger partial charge in [0.25, 0.3) is 0 Å². The molecule has 3 nitrogen and oxygen atoms in total. The van der Waals surface area contributed by atoms with Crippen molar-refractivity contribution in [3.8, 4) is 11.8 Å². The second kappa shape index (κ2) is 6.81. The van der Waals surface area contributed by atoms with Gasteiger partial charge in [0.15, 0.2) is 0 Å². The monoisotopic (exact) mass is 223 g/mol. The predicted octanol–water partition coefficient (Wildman–Crippen LogP) is 2.24. The highest BCUT2D eigenvalue weighted by Crippen LogP contribution is 2.20. The van der Waals surface area contributed by atoms with Gasteiger partial charge in [-0.15, -0.1) is 0 Å². The van der Waals surface area contributed by atoms with Crippen molar-refractivity contribution < 1.29 is 14.2 Å². The van der Waals surface area contributed by atoms with Crippen LogP contribution in [-0.4, -0.2) is 18.3 Å². The van der Waals surface area contributed by atoms with Crippen molar-refractivity contribution in [3.63, 3.8) is 0 Å². The van der Waals surface area contributed by atoms with Crippen LogP contribution in [-0.2, 0) is 0 Å². The largest absolute Gasteiger partial charge is 0.492 e. The molecule has 0 aromatic heterocycles. The number of hydrogen-bond acceptors (Lipinski definition) is 3. The van der Waals surface area contributed by atoms with E-state index in [1.807, 2.05) is 0 Å². The molecule has 0 aliphatic carbocycles. The molecule has 0 bridgehead atoms. The molecular weight excluding hydrogens is 209 g/mol. The summed E-state index contributed by atoms with van der Waals surface area (Å²) in [5.41, 5.74) is -0.0512. The van der Waals surface area contributed by atoms with Crippen molar-refractivity contribution in [1.82, 2.24) is 0 Å². The lowest BCUT2D eigenvalue weighted by atomic mass is 10.2. The molecule has 0 radical (unpaired) electrons. The average molecular weight is 223 g/mol. The molecule has 0 heterocycles. The Hall–Kier alpha value is -1.60. The van der Waals surface area contributed by atoms with Crippen LogP contribution in [0.25, 0.3) is 0 Å². The zero-order chi connectivity index (χ0) is 11.8. The first-order valence-electron chi connectivity index (χ1n) is 5.22. The minimum Gasteiger partial charge on any atom is -0.492 e. The number of ether oxygens (including phenoxy) is 1.